The van der Waals surface area contributed by atoms with Crippen molar-refractivity contribution in [1.82, 2.24) is 14.5 Å². The highest BCUT2D eigenvalue weighted by atomic mass is 79.9. The lowest BCUT2D eigenvalue weighted by atomic mass is 10.1. The number of imidazole rings is 1. The van der Waals surface area contributed by atoms with E-state index in [9.17, 15) is 4.39 Å². The first-order valence-electron chi connectivity index (χ1n) is 6.05. The zero-order valence-electron chi connectivity index (χ0n) is 10.7. The van der Waals surface area contributed by atoms with Gasteiger partial charge in [-0.2, -0.15) is 0 Å². The van der Waals surface area contributed by atoms with E-state index >= 15 is 0 Å². The maximum absolute atomic E-state index is 13.1. The third-order valence-corrected chi connectivity index (χ3v) is 3.82. The van der Waals surface area contributed by atoms with Gasteiger partial charge in [-0.3, -0.25) is 4.98 Å². The summed E-state index contributed by atoms with van der Waals surface area (Å²) in [6, 6.07) is 10.2. The Balaban J connectivity index is 2.22. The van der Waals surface area contributed by atoms with E-state index in [0.29, 0.717) is 0 Å². The first kappa shape index (κ1) is 13.0. The molecule has 0 aliphatic rings. The number of benzene rings is 1. The Labute approximate surface area is 124 Å². The summed E-state index contributed by atoms with van der Waals surface area (Å²) in [5.41, 5.74) is 3.66. The molecule has 0 radical (unpaired) electrons. The van der Waals surface area contributed by atoms with Crippen LogP contribution in [0.15, 0.2) is 53.5 Å². The third-order valence-electron chi connectivity index (χ3n) is 3.11. The Morgan fingerprint density at radius 1 is 1.00 bits per heavy atom. The number of rotatable bonds is 2. The summed E-state index contributed by atoms with van der Waals surface area (Å²) >= 11 is 3.44. The molecular formula is C15H11BrFN3. The molecule has 0 saturated heterocycles. The van der Waals surface area contributed by atoms with Crippen molar-refractivity contribution in [2.24, 2.45) is 7.05 Å². The van der Waals surface area contributed by atoms with E-state index in [1.165, 1.54) is 12.1 Å². The fraction of sp³-hybridized carbons (Fsp3) is 0.0667. The van der Waals surface area contributed by atoms with Gasteiger partial charge in [-0.1, -0.05) is 0 Å². The summed E-state index contributed by atoms with van der Waals surface area (Å²) in [5, 5.41) is 0. The molecule has 0 aliphatic carbocycles. The van der Waals surface area contributed by atoms with Crippen molar-refractivity contribution in [3.63, 3.8) is 0 Å². The van der Waals surface area contributed by atoms with Crippen LogP contribution in [-0.4, -0.2) is 14.5 Å². The van der Waals surface area contributed by atoms with E-state index in [4.69, 9.17) is 0 Å². The third kappa shape index (κ3) is 2.25. The van der Waals surface area contributed by atoms with Crippen molar-refractivity contribution < 1.29 is 4.39 Å². The number of hydrogen-bond donors (Lipinski definition) is 0. The fourth-order valence-electron chi connectivity index (χ4n) is 2.12. The van der Waals surface area contributed by atoms with E-state index < -0.39 is 0 Å². The van der Waals surface area contributed by atoms with Crippen LogP contribution in [0.4, 0.5) is 4.39 Å². The lowest BCUT2D eigenvalue weighted by Crippen LogP contribution is -1.93. The van der Waals surface area contributed by atoms with Gasteiger partial charge in [0.25, 0.3) is 0 Å². The molecule has 0 atom stereocenters. The van der Waals surface area contributed by atoms with Crippen LogP contribution in [0, 0.1) is 5.82 Å². The summed E-state index contributed by atoms with van der Waals surface area (Å²) in [6.07, 6.45) is 3.48. The fourth-order valence-corrected chi connectivity index (χ4v) is 2.48. The second kappa shape index (κ2) is 5.17. The van der Waals surface area contributed by atoms with Gasteiger partial charge in [-0.15, -0.1) is 0 Å². The van der Waals surface area contributed by atoms with Gasteiger partial charge in [0.15, 0.2) is 4.73 Å². The molecule has 0 amide bonds. The molecule has 0 bridgehead atoms. The molecule has 100 valence electrons. The lowest BCUT2D eigenvalue weighted by Gasteiger charge is -2.06. The molecule has 0 saturated carbocycles. The van der Waals surface area contributed by atoms with Crippen molar-refractivity contribution >= 4 is 15.9 Å². The normalized spacial score (nSPS) is 10.8. The van der Waals surface area contributed by atoms with Gasteiger partial charge >= 0.3 is 0 Å². The predicted molar refractivity (Wildman–Crippen MR) is 79.5 cm³/mol. The van der Waals surface area contributed by atoms with Crippen LogP contribution in [0.5, 0.6) is 0 Å². The summed E-state index contributed by atoms with van der Waals surface area (Å²) < 4.78 is 15.7. The number of aromatic nitrogens is 3. The van der Waals surface area contributed by atoms with E-state index in [2.05, 4.69) is 25.9 Å². The molecule has 1 aromatic carbocycles. The Morgan fingerprint density at radius 3 is 2.30 bits per heavy atom. The van der Waals surface area contributed by atoms with E-state index in [1.807, 2.05) is 23.7 Å². The predicted octanol–water partition coefficient (Wildman–Crippen LogP) is 4.05. The van der Waals surface area contributed by atoms with Crippen LogP contribution in [0.2, 0.25) is 0 Å². The van der Waals surface area contributed by atoms with Gasteiger partial charge in [-0.25, -0.2) is 9.37 Å². The van der Waals surface area contributed by atoms with Gasteiger partial charge in [0, 0.05) is 30.6 Å². The second-order valence-corrected chi connectivity index (χ2v) is 5.09. The zero-order chi connectivity index (χ0) is 14.1. The average Bonchev–Trinajstić information content (AvgIpc) is 2.77. The zero-order valence-corrected chi connectivity index (χ0v) is 12.3. The Kier molecular flexibility index (Phi) is 3.36. The minimum absolute atomic E-state index is 0.255. The summed E-state index contributed by atoms with van der Waals surface area (Å²) in [7, 11) is 1.93. The molecule has 2 aromatic heterocycles. The molecular weight excluding hydrogens is 321 g/mol. The van der Waals surface area contributed by atoms with Crippen LogP contribution in [0.1, 0.15) is 0 Å². The molecule has 2 heterocycles. The number of hydrogen-bond acceptors (Lipinski definition) is 2. The van der Waals surface area contributed by atoms with Gasteiger partial charge in [0.05, 0.1) is 11.4 Å². The number of nitrogens with zero attached hydrogens (tertiary/aromatic N) is 3. The van der Waals surface area contributed by atoms with E-state index in [-0.39, 0.29) is 5.82 Å². The van der Waals surface area contributed by atoms with Crippen LogP contribution in [0.3, 0.4) is 0 Å². The first-order valence-corrected chi connectivity index (χ1v) is 6.84. The molecule has 3 rings (SSSR count). The van der Waals surface area contributed by atoms with Crippen LogP contribution >= 0.6 is 15.9 Å². The summed E-state index contributed by atoms with van der Waals surface area (Å²) in [6.45, 7) is 0. The Morgan fingerprint density at radius 2 is 1.65 bits per heavy atom. The maximum Gasteiger partial charge on any atom is 0.177 e. The average molecular weight is 332 g/mol. The monoisotopic (exact) mass is 331 g/mol. The largest absolute Gasteiger partial charge is 0.321 e. The van der Waals surface area contributed by atoms with Crippen molar-refractivity contribution in [1.29, 1.82) is 0 Å². The molecule has 5 heteroatoms. The van der Waals surface area contributed by atoms with Crippen LogP contribution < -0.4 is 0 Å². The highest BCUT2D eigenvalue weighted by Gasteiger charge is 2.16. The molecule has 0 spiro atoms. The van der Waals surface area contributed by atoms with Crippen molar-refractivity contribution in [3.8, 4) is 22.5 Å². The van der Waals surface area contributed by atoms with Crippen LogP contribution in [-0.2, 0) is 7.05 Å². The number of pyridine rings is 1. The first-order chi connectivity index (χ1) is 9.66. The standard InChI is InChI=1S/C15H11BrFN3/c1-20-14(11-6-8-18-9-7-11)13(19-15(20)16)10-2-4-12(17)5-3-10/h2-9H,1H3. The summed E-state index contributed by atoms with van der Waals surface area (Å²) in [5.74, 6) is -0.255. The lowest BCUT2D eigenvalue weighted by molar-refractivity contribution is 0.628. The molecule has 0 unspecified atom stereocenters. The van der Waals surface area contributed by atoms with Gasteiger partial charge in [0.2, 0.25) is 0 Å². The van der Waals surface area contributed by atoms with Crippen molar-refractivity contribution in [3.05, 3.63) is 59.3 Å². The number of halogens is 2. The Bertz CT molecular complexity index is 736. The molecule has 20 heavy (non-hydrogen) atoms. The molecule has 0 fully saturated rings. The van der Waals surface area contributed by atoms with Crippen molar-refractivity contribution in [2.45, 2.75) is 0 Å². The van der Waals surface area contributed by atoms with Crippen LogP contribution in [0.25, 0.3) is 22.5 Å². The highest BCUT2D eigenvalue weighted by Crippen LogP contribution is 2.33. The molecule has 3 aromatic rings. The molecule has 3 nitrogen and oxygen atoms in total. The van der Waals surface area contributed by atoms with E-state index in [0.717, 1.165) is 27.2 Å². The molecule has 0 N–H and O–H groups in total. The van der Waals surface area contributed by atoms with E-state index in [1.54, 1.807) is 24.5 Å². The van der Waals surface area contributed by atoms with Gasteiger partial charge in [0.1, 0.15) is 5.82 Å². The Hall–Kier alpha value is -2.01. The topological polar surface area (TPSA) is 30.7 Å². The molecule has 0 aliphatic heterocycles. The SMILES string of the molecule is Cn1c(Br)nc(-c2ccc(F)cc2)c1-c1ccncc1. The van der Waals surface area contributed by atoms with Gasteiger partial charge < -0.3 is 4.57 Å². The highest BCUT2D eigenvalue weighted by molar-refractivity contribution is 9.10. The maximum atomic E-state index is 13.1. The summed E-state index contributed by atoms with van der Waals surface area (Å²) in [4.78, 5) is 8.55. The van der Waals surface area contributed by atoms with Crippen molar-refractivity contribution in [2.75, 3.05) is 0 Å². The smallest absolute Gasteiger partial charge is 0.177 e. The quantitative estimate of drug-likeness (QED) is 0.709. The minimum Gasteiger partial charge on any atom is -0.321 e. The second-order valence-electron chi connectivity index (χ2n) is 4.38. The van der Waals surface area contributed by atoms with Gasteiger partial charge in [-0.05, 0) is 52.3 Å². The minimum atomic E-state index is -0.255.